The van der Waals surface area contributed by atoms with Gasteiger partial charge in [0.05, 0.1) is 26.4 Å². The molecule has 1 amide bonds. The predicted octanol–water partition coefficient (Wildman–Crippen LogP) is 1.72. The van der Waals surface area contributed by atoms with E-state index in [1.54, 1.807) is 7.11 Å². The average Bonchev–Trinajstić information content (AvgIpc) is 3.54. The molecule has 3 fully saturated rings. The van der Waals surface area contributed by atoms with Crippen molar-refractivity contribution in [1.29, 1.82) is 0 Å². The Kier molecular flexibility index (Phi) is 6.85. The fourth-order valence-corrected chi connectivity index (χ4v) is 4.80. The molecule has 1 N–H and O–H groups in total. The van der Waals surface area contributed by atoms with Crippen LogP contribution in [0.1, 0.15) is 30.7 Å². The summed E-state index contributed by atoms with van der Waals surface area (Å²) in [5.41, 5.74) is 1.57. The summed E-state index contributed by atoms with van der Waals surface area (Å²) in [7, 11) is 1.79. The smallest absolute Gasteiger partial charge is 0.236 e. The van der Waals surface area contributed by atoms with Gasteiger partial charge >= 0.3 is 0 Å². The number of piperidine rings is 1. The highest BCUT2D eigenvalue weighted by molar-refractivity contribution is 5.78. The lowest BCUT2D eigenvalue weighted by Crippen LogP contribution is -2.52. The summed E-state index contributed by atoms with van der Waals surface area (Å²) in [5.74, 6) is 0.906. The molecular weight excluding hydrogens is 366 g/mol. The standard InChI is InChI=1S/C23H35N3O3/c1-28-18-23(17-24-21-15-20(21)19-5-3-2-4-6-19)7-9-26(10-8-23)22(27)16-25-11-13-29-14-12-25/h2-6,20-21,24H,7-18H2,1H3. The van der Waals surface area contributed by atoms with Gasteiger partial charge in [-0.15, -0.1) is 0 Å². The van der Waals surface area contributed by atoms with Gasteiger partial charge in [-0.3, -0.25) is 9.69 Å². The lowest BCUT2D eigenvalue weighted by atomic mass is 9.78. The van der Waals surface area contributed by atoms with E-state index in [-0.39, 0.29) is 11.3 Å². The van der Waals surface area contributed by atoms with Gasteiger partial charge < -0.3 is 19.7 Å². The highest BCUT2D eigenvalue weighted by atomic mass is 16.5. The molecule has 2 heterocycles. The SMILES string of the molecule is COCC1(CNC2CC2c2ccccc2)CCN(C(=O)CN2CCOCC2)CC1. The van der Waals surface area contributed by atoms with Crippen LogP contribution in [0.2, 0.25) is 0 Å². The van der Waals surface area contributed by atoms with Crippen LogP contribution in [0.3, 0.4) is 0 Å². The number of carbonyl (C=O) groups excluding carboxylic acids is 1. The van der Waals surface area contributed by atoms with Crippen molar-refractivity contribution in [2.24, 2.45) is 5.41 Å². The van der Waals surface area contributed by atoms with Crippen LogP contribution in [-0.2, 0) is 14.3 Å². The van der Waals surface area contributed by atoms with Gasteiger partial charge in [-0.2, -0.15) is 0 Å². The number of benzene rings is 1. The predicted molar refractivity (Wildman–Crippen MR) is 113 cm³/mol. The minimum absolute atomic E-state index is 0.133. The number of hydrogen-bond acceptors (Lipinski definition) is 5. The number of rotatable bonds is 8. The molecule has 1 aliphatic carbocycles. The molecule has 29 heavy (non-hydrogen) atoms. The molecule has 0 bridgehead atoms. The van der Waals surface area contributed by atoms with Crippen LogP contribution in [0.4, 0.5) is 0 Å². The first-order chi connectivity index (χ1) is 14.2. The third kappa shape index (κ3) is 5.37. The van der Waals surface area contributed by atoms with Crippen molar-refractivity contribution < 1.29 is 14.3 Å². The maximum absolute atomic E-state index is 12.7. The van der Waals surface area contributed by atoms with Crippen LogP contribution >= 0.6 is 0 Å². The van der Waals surface area contributed by atoms with Crippen LogP contribution in [0, 0.1) is 5.41 Å². The summed E-state index contributed by atoms with van der Waals surface area (Å²) < 4.78 is 11.0. The molecule has 2 atom stereocenters. The Bertz CT molecular complexity index is 655. The van der Waals surface area contributed by atoms with Gasteiger partial charge in [0.15, 0.2) is 0 Å². The fraction of sp³-hybridized carbons (Fsp3) is 0.696. The zero-order valence-corrected chi connectivity index (χ0v) is 17.6. The monoisotopic (exact) mass is 401 g/mol. The molecule has 3 aliphatic rings. The fourth-order valence-electron chi connectivity index (χ4n) is 4.80. The lowest BCUT2D eigenvalue weighted by Gasteiger charge is -2.42. The van der Waals surface area contributed by atoms with E-state index in [4.69, 9.17) is 9.47 Å². The quantitative estimate of drug-likeness (QED) is 0.719. The summed E-state index contributed by atoms with van der Waals surface area (Å²) >= 11 is 0. The summed E-state index contributed by atoms with van der Waals surface area (Å²) in [6.45, 7) is 7.13. The van der Waals surface area contributed by atoms with E-state index in [9.17, 15) is 4.79 Å². The Morgan fingerprint density at radius 2 is 1.90 bits per heavy atom. The van der Waals surface area contributed by atoms with Crippen LogP contribution in [-0.4, -0.2) is 87.9 Å². The van der Waals surface area contributed by atoms with E-state index in [0.717, 1.165) is 65.4 Å². The molecule has 0 spiro atoms. The molecule has 2 saturated heterocycles. The minimum atomic E-state index is 0.133. The average molecular weight is 402 g/mol. The molecule has 1 aromatic rings. The van der Waals surface area contributed by atoms with Gasteiger partial charge in [0, 0.05) is 57.2 Å². The minimum Gasteiger partial charge on any atom is -0.384 e. The molecule has 0 radical (unpaired) electrons. The van der Waals surface area contributed by atoms with Gasteiger partial charge in [0.2, 0.25) is 5.91 Å². The molecule has 0 aromatic heterocycles. The number of likely N-dealkylation sites (tertiary alicyclic amines) is 1. The van der Waals surface area contributed by atoms with Gasteiger partial charge in [-0.05, 0) is 24.8 Å². The molecule has 2 unspecified atom stereocenters. The second-order valence-electron chi connectivity index (χ2n) is 8.94. The molecule has 1 saturated carbocycles. The Morgan fingerprint density at radius 3 is 2.59 bits per heavy atom. The van der Waals surface area contributed by atoms with Crippen LogP contribution in [0.15, 0.2) is 30.3 Å². The summed E-state index contributed by atoms with van der Waals surface area (Å²) in [6.07, 6.45) is 3.23. The largest absolute Gasteiger partial charge is 0.384 e. The van der Waals surface area contributed by atoms with E-state index in [2.05, 4.69) is 40.5 Å². The van der Waals surface area contributed by atoms with Crippen molar-refractivity contribution in [3.05, 3.63) is 35.9 Å². The summed E-state index contributed by atoms with van der Waals surface area (Å²) in [6, 6.07) is 11.4. The number of methoxy groups -OCH3 is 1. The van der Waals surface area contributed by atoms with E-state index < -0.39 is 0 Å². The molecule has 4 rings (SSSR count). The van der Waals surface area contributed by atoms with E-state index in [1.165, 1.54) is 12.0 Å². The van der Waals surface area contributed by atoms with E-state index in [0.29, 0.717) is 18.5 Å². The molecule has 1 aromatic carbocycles. The van der Waals surface area contributed by atoms with Gasteiger partial charge in [-0.1, -0.05) is 30.3 Å². The molecule has 2 aliphatic heterocycles. The molecule has 6 heteroatoms. The van der Waals surface area contributed by atoms with Crippen LogP contribution < -0.4 is 5.32 Å². The van der Waals surface area contributed by atoms with Crippen LogP contribution in [0.25, 0.3) is 0 Å². The van der Waals surface area contributed by atoms with Crippen molar-refractivity contribution in [1.82, 2.24) is 15.1 Å². The number of ether oxygens (including phenoxy) is 2. The number of nitrogens with zero attached hydrogens (tertiary/aromatic N) is 2. The van der Waals surface area contributed by atoms with E-state index >= 15 is 0 Å². The number of carbonyl (C=O) groups is 1. The topological polar surface area (TPSA) is 54.0 Å². The maximum Gasteiger partial charge on any atom is 0.236 e. The molecule has 160 valence electrons. The Balaban J connectivity index is 1.25. The summed E-state index contributed by atoms with van der Waals surface area (Å²) in [4.78, 5) is 17.0. The molecule has 6 nitrogen and oxygen atoms in total. The van der Waals surface area contributed by atoms with Crippen molar-refractivity contribution in [3.63, 3.8) is 0 Å². The Labute approximate surface area is 174 Å². The Morgan fingerprint density at radius 1 is 1.17 bits per heavy atom. The third-order valence-electron chi connectivity index (χ3n) is 6.85. The van der Waals surface area contributed by atoms with Crippen molar-refractivity contribution in [3.8, 4) is 0 Å². The third-order valence-corrected chi connectivity index (χ3v) is 6.85. The lowest BCUT2D eigenvalue weighted by molar-refractivity contribution is -0.136. The van der Waals surface area contributed by atoms with Gasteiger partial charge in [0.1, 0.15) is 0 Å². The van der Waals surface area contributed by atoms with Crippen molar-refractivity contribution >= 4 is 5.91 Å². The first-order valence-corrected chi connectivity index (χ1v) is 11.0. The first-order valence-electron chi connectivity index (χ1n) is 11.0. The number of amides is 1. The van der Waals surface area contributed by atoms with Crippen LogP contribution in [0.5, 0.6) is 0 Å². The van der Waals surface area contributed by atoms with Gasteiger partial charge in [-0.25, -0.2) is 0 Å². The van der Waals surface area contributed by atoms with Crippen molar-refractivity contribution in [2.45, 2.75) is 31.2 Å². The number of nitrogens with one attached hydrogen (secondary N) is 1. The Hall–Kier alpha value is -1.47. The first kappa shape index (κ1) is 20.8. The zero-order valence-electron chi connectivity index (χ0n) is 17.6. The van der Waals surface area contributed by atoms with Gasteiger partial charge in [0.25, 0.3) is 0 Å². The number of morpholine rings is 1. The second kappa shape index (κ2) is 9.56. The van der Waals surface area contributed by atoms with Crippen molar-refractivity contribution in [2.75, 3.05) is 66.2 Å². The second-order valence-corrected chi connectivity index (χ2v) is 8.94. The highest BCUT2D eigenvalue weighted by Crippen LogP contribution is 2.41. The normalized spacial score (nSPS) is 27.0. The van der Waals surface area contributed by atoms with E-state index in [1.807, 2.05) is 4.90 Å². The maximum atomic E-state index is 12.7. The number of hydrogen-bond donors (Lipinski definition) is 1. The zero-order chi connectivity index (χ0) is 20.1. The molecular formula is C23H35N3O3. The highest BCUT2D eigenvalue weighted by Gasteiger charge is 2.42. The summed E-state index contributed by atoms with van der Waals surface area (Å²) in [5, 5.41) is 3.80.